The highest BCUT2D eigenvalue weighted by atomic mass is 19.1. The number of benzene rings is 2. The topological polar surface area (TPSA) is 90.0 Å². The van der Waals surface area contributed by atoms with E-state index in [0.717, 1.165) is 5.56 Å². The summed E-state index contributed by atoms with van der Waals surface area (Å²) in [6.45, 7) is 0.147. The molecule has 0 spiro atoms. The van der Waals surface area contributed by atoms with Crippen molar-refractivity contribution in [3.63, 3.8) is 0 Å². The van der Waals surface area contributed by atoms with Crippen LogP contribution >= 0.6 is 0 Å². The average Bonchev–Trinajstić information content (AvgIpc) is 3.14. The number of hydrogen-bond acceptors (Lipinski definition) is 5. The SMILES string of the molecule is O=C(Cn1cnc2onc(-c3cccc(F)c3)c2c1=O)NCc1ccccc1. The van der Waals surface area contributed by atoms with E-state index in [0.29, 0.717) is 12.1 Å². The fourth-order valence-electron chi connectivity index (χ4n) is 2.83. The van der Waals surface area contributed by atoms with Gasteiger partial charge in [-0.3, -0.25) is 14.2 Å². The molecular formula is C20H15FN4O3. The zero-order valence-electron chi connectivity index (χ0n) is 14.6. The first kappa shape index (κ1) is 17.6. The molecule has 1 amide bonds. The van der Waals surface area contributed by atoms with E-state index in [-0.39, 0.29) is 29.2 Å². The Bertz CT molecular complexity index is 1200. The van der Waals surface area contributed by atoms with Crippen LogP contribution < -0.4 is 10.9 Å². The minimum atomic E-state index is -0.486. The van der Waals surface area contributed by atoms with Gasteiger partial charge in [0.25, 0.3) is 11.3 Å². The normalized spacial score (nSPS) is 10.9. The van der Waals surface area contributed by atoms with Crippen molar-refractivity contribution in [2.75, 3.05) is 0 Å². The van der Waals surface area contributed by atoms with Gasteiger partial charge in [0.05, 0.1) is 0 Å². The lowest BCUT2D eigenvalue weighted by atomic mass is 10.1. The Morgan fingerprint density at radius 2 is 1.96 bits per heavy atom. The summed E-state index contributed by atoms with van der Waals surface area (Å²) >= 11 is 0. The molecule has 28 heavy (non-hydrogen) atoms. The van der Waals surface area contributed by atoms with Gasteiger partial charge in [-0.1, -0.05) is 47.6 Å². The molecule has 4 rings (SSSR count). The summed E-state index contributed by atoms with van der Waals surface area (Å²) < 4.78 is 19.8. The number of hydrogen-bond donors (Lipinski definition) is 1. The van der Waals surface area contributed by atoms with Crippen LogP contribution in [-0.2, 0) is 17.9 Å². The zero-order valence-corrected chi connectivity index (χ0v) is 14.6. The molecule has 0 saturated carbocycles. The average molecular weight is 378 g/mol. The number of rotatable bonds is 5. The third kappa shape index (κ3) is 3.52. The molecule has 0 aliphatic rings. The molecule has 0 radical (unpaired) electrons. The summed E-state index contributed by atoms with van der Waals surface area (Å²) in [5.74, 6) is -0.797. The van der Waals surface area contributed by atoms with E-state index in [1.54, 1.807) is 6.07 Å². The van der Waals surface area contributed by atoms with Gasteiger partial charge >= 0.3 is 0 Å². The molecule has 0 bridgehead atoms. The van der Waals surface area contributed by atoms with Crippen molar-refractivity contribution >= 4 is 17.0 Å². The minimum absolute atomic E-state index is 0.0326. The minimum Gasteiger partial charge on any atom is -0.350 e. The van der Waals surface area contributed by atoms with Crippen LogP contribution in [0.3, 0.4) is 0 Å². The van der Waals surface area contributed by atoms with Crippen LogP contribution in [0.2, 0.25) is 0 Å². The molecule has 7 nitrogen and oxygen atoms in total. The number of carbonyl (C=O) groups excluding carboxylic acids is 1. The van der Waals surface area contributed by atoms with E-state index < -0.39 is 11.4 Å². The Labute approximate surface area is 158 Å². The van der Waals surface area contributed by atoms with Crippen molar-refractivity contribution < 1.29 is 13.7 Å². The predicted molar refractivity (Wildman–Crippen MR) is 99.7 cm³/mol. The molecule has 1 N–H and O–H groups in total. The largest absolute Gasteiger partial charge is 0.350 e. The Balaban J connectivity index is 1.60. The molecule has 2 aromatic carbocycles. The second-order valence-corrected chi connectivity index (χ2v) is 6.16. The molecule has 0 aliphatic carbocycles. The van der Waals surface area contributed by atoms with E-state index in [2.05, 4.69) is 15.5 Å². The summed E-state index contributed by atoms with van der Waals surface area (Å²) in [6, 6.07) is 15.1. The summed E-state index contributed by atoms with van der Waals surface area (Å²) in [5, 5.41) is 6.70. The van der Waals surface area contributed by atoms with Crippen molar-refractivity contribution in [1.82, 2.24) is 20.0 Å². The molecular weight excluding hydrogens is 363 g/mol. The number of nitrogens with one attached hydrogen (secondary N) is 1. The molecule has 0 aliphatic heterocycles. The van der Waals surface area contributed by atoms with E-state index >= 15 is 0 Å². The van der Waals surface area contributed by atoms with Gasteiger partial charge in [0, 0.05) is 12.1 Å². The molecule has 4 aromatic rings. The van der Waals surface area contributed by atoms with Gasteiger partial charge in [-0.2, -0.15) is 0 Å². The van der Waals surface area contributed by atoms with Gasteiger partial charge in [0.15, 0.2) is 0 Å². The molecule has 0 saturated heterocycles. The van der Waals surface area contributed by atoms with Gasteiger partial charge in [-0.15, -0.1) is 0 Å². The van der Waals surface area contributed by atoms with Crippen molar-refractivity contribution in [1.29, 1.82) is 0 Å². The Kier molecular flexibility index (Phi) is 4.67. The number of halogens is 1. The smallest absolute Gasteiger partial charge is 0.267 e. The maximum absolute atomic E-state index is 13.5. The molecule has 140 valence electrons. The number of fused-ring (bicyclic) bond motifs is 1. The first-order valence-corrected chi connectivity index (χ1v) is 8.53. The molecule has 0 unspecified atom stereocenters. The monoisotopic (exact) mass is 378 g/mol. The Morgan fingerprint density at radius 1 is 1.14 bits per heavy atom. The fraction of sp³-hybridized carbons (Fsp3) is 0.100. The van der Waals surface area contributed by atoms with Crippen LogP contribution in [0.25, 0.3) is 22.4 Å². The lowest BCUT2D eigenvalue weighted by Gasteiger charge is -2.07. The van der Waals surface area contributed by atoms with Crippen LogP contribution in [0.15, 0.2) is 70.2 Å². The first-order valence-electron chi connectivity index (χ1n) is 8.53. The zero-order chi connectivity index (χ0) is 19.5. The maximum atomic E-state index is 13.5. The maximum Gasteiger partial charge on any atom is 0.267 e. The van der Waals surface area contributed by atoms with E-state index in [1.807, 2.05) is 30.3 Å². The molecule has 2 aromatic heterocycles. The Morgan fingerprint density at radius 3 is 2.75 bits per heavy atom. The second-order valence-electron chi connectivity index (χ2n) is 6.16. The number of aromatic nitrogens is 3. The van der Waals surface area contributed by atoms with Gasteiger partial charge in [0.1, 0.15) is 29.8 Å². The van der Waals surface area contributed by atoms with Crippen molar-refractivity contribution in [2.24, 2.45) is 0 Å². The third-order valence-corrected chi connectivity index (χ3v) is 4.21. The van der Waals surface area contributed by atoms with Crippen LogP contribution in [0, 0.1) is 5.82 Å². The summed E-state index contributed by atoms with van der Waals surface area (Å²) in [7, 11) is 0. The van der Waals surface area contributed by atoms with Crippen LogP contribution in [-0.4, -0.2) is 20.6 Å². The number of carbonyl (C=O) groups is 1. The lowest BCUT2D eigenvalue weighted by molar-refractivity contribution is -0.121. The molecule has 0 fully saturated rings. The standard InChI is InChI=1S/C20H15FN4O3/c21-15-8-4-7-14(9-15)18-17-19(28-24-18)23-12-25(20(17)27)11-16(26)22-10-13-5-2-1-3-6-13/h1-9,12H,10-11H2,(H,22,26). The highest BCUT2D eigenvalue weighted by molar-refractivity contribution is 5.88. The predicted octanol–water partition coefficient (Wildman–Crippen LogP) is 2.51. The van der Waals surface area contributed by atoms with Crippen LogP contribution in [0.4, 0.5) is 4.39 Å². The second kappa shape index (κ2) is 7.43. The molecule has 2 heterocycles. The third-order valence-electron chi connectivity index (χ3n) is 4.21. The fourth-order valence-corrected chi connectivity index (χ4v) is 2.83. The van der Waals surface area contributed by atoms with Crippen LogP contribution in [0.1, 0.15) is 5.56 Å². The summed E-state index contributed by atoms with van der Waals surface area (Å²) in [6.07, 6.45) is 1.23. The van der Waals surface area contributed by atoms with E-state index in [4.69, 9.17) is 4.52 Å². The summed E-state index contributed by atoms with van der Waals surface area (Å²) in [4.78, 5) is 29.1. The highest BCUT2D eigenvalue weighted by Crippen LogP contribution is 2.24. The van der Waals surface area contributed by atoms with Gasteiger partial charge in [-0.25, -0.2) is 9.37 Å². The number of amides is 1. The quantitative estimate of drug-likeness (QED) is 0.576. The first-order chi connectivity index (χ1) is 13.6. The van der Waals surface area contributed by atoms with Gasteiger partial charge in [0.2, 0.25) is 5.91 Å². The summed E-state index contributed by atoms with van der Waals surface area (Å²) in [5.41, 5.74) is 1.07. The van der Waals surface area contributed by atoms with Crippen molar-refractivity contribution in [3.05, 3.63) is 82.7 Å². The lowest BCUT2D eigenvalue weighted by Crippen LogP contribution is -2.32. The van der Waals surface area contributed by atoms with Gasteiger partial charge in [-0.05, 0) is 17.7 Å². The van der Waals surface area contributed by atoms with Gasteiger partial charge < -0.3 is 9.84 Å². The van der Waals surface area contributed by atoms with Crippen molar-refractivity contribution in [2.45, 2.75) is 13.1 Å². The van der Waals surface area contributed by atoms with E-state index in [1.165, 1.54) is 29.1 Å². The Hall–Kier alpha value is -3.81. The molecule has 8 heteroatoms. The number of nitrogens with zero attached hydrogens (tertiary/aromatic N) is 3. The van der Waals surface area contributed by atoms with Crippen molar-refractivity contribution in [3.8, 4) is 11.3 Å². The van der Waals surface area contributed by atoms with E-state index in [9.17, 15) is 14.0 Å². The molecule has 0 atom stereocenters. The van der Waals surface area contributed by atoms with Crippen LogP contribution in [0.5, 0.6) is 0 Å². The highest BCUT2D eigenvalue weighted by Gasteiger charge is 2.18.